The molecule has 1 aromatic heterocycles. The second-order valence-corrected chi connectivity index (χ2v) is 6.02. The lowest BCUT2D eigenvalue weighted by molar-refractivity contribution is 0.0604. The van der Waals surface area contributed by atoms with Crippen LogP contribution in [0.5, 0.6) is 0 Å². The fourth-order valence-corrected chi connectivity index (χ4v) is 3.42. The van der Waals surface area contributed by atoms with Crippen molar-refractivity contribution in [3.05, 3.63) is 22.4 Å². The van der Waals surface area contributed by atoms with E-state index >= 15 is 0 Å². The van der Waals surface area contributed by atoms with Crippen LogP contribution < -0.4 is 5.73 Å². The van der Waals surface area contributed by atoms with E-state index in [1.807, 2.05) is 13.8 Å². The molecule has 1 fully saturated rings. The van der Waals surface area contributed by atoms with Crippen LogP contribution in [0.3, 0.4) is 0 Å². The molecule has 3 nitrogen and oxygen atoms in total. The molecule has 1 aromatic rings. The van der Waals surface area contributed by atoms with Crippen LogP contribution in [0.1, 0.15) is 31.2 Å². The van der Waals surface area contributed by atoms with Gasteiger partial charge in [0.05, 0.1) is 11.6 Å². The number of aliphatic hydroxyl groups is 1. The predicted octanol–water partition coefficient (Wildman–Crippen LogP) is 1.59. The molecule has 0 saturated carbocycles. The van der Waals surface area contributed by atoms with Crippen molar-refractivity contribution in [2.75, 3.05) is 13.1 Å². The molecule has 0 spiro atoms. The minimum atomic E-state index is -0.551. The van der Waals surface area contributed by atoms with Gasteiger partial charge in [0.1, 0.15) is 0 Å². The lowest BCUT2D eigenvalue weighted by Gasteiger charge is -2.30. The van der Waals surface area contributed by atoms with E-state index < -0.39 is 5.60 Å². The van der Waals surface area contributed by atoms with Crippen LogP contribution in [0.15, 0.2) is 17.5 Å². The standard InChI is InChI=1S/C12H20N2OS/c1-9(13)11(10-4-3-7-16-10)14-6-5-12(2,15)8-14/h3-4,7,9,11,15H,5-6,8,13H2,1-2H3. The number of thiophene rings is 1. The molecule has 2 heterocycles. The maximum absolute atomic E-state index is 10.0. The summed E-state index contributed by atoms with van der Waals surface area (Å²) < 4.78 is 0. The van der Waals surface area contributed by atoms with E-state index in [-0.39, 0.29) is 12.1 Å². The first-order chi connectivity index (χ1) is 7.49. The third-order valence-electron chi connectivity index (χ3n) is 3.21. The third-order valence-corrected chi connectivity index (χ3v) is 4.15. The Kier molecular flexibility index (Phi) is 3.35. The Morgan fingerprint density at radius 1 is 1.62 bits per heavy atom. The molecule has 2 rings (SSSR count). The number of β-amino-alcohol motifs (C(OH)–C–C–N with tert-alkyl or cyclic N) is 1. The van der Waals surface area contributed by atoms with Gasteiger partial charge in [0.25, 0.3) is 0 Å². The molecule has 3 unspecified atom stereocenters. The first kappa shape index (κ1) is 12.0. The number of nitrogens with two attached hydrogens (primary N) is 1. The molecule has 3 N–H and O–H groups in total. The number of rotatable bonds is 3. The number of hydrogen-bond donors (Lipinski definition) is 2. The summed E-state index contributed by atoms with van der Waals surface area (Å²) in [7, 11) is 0. The maximum atomic E-state index is 10.0. The molecule has 4 heteroatoms. The maximum Gasteiger partial charge on any atom is 0.0758 e. The molecule has 3 atom stereocenters. The number of likely N-dealkylation sites (tertiary alicyclic amines) is 1. The van der Waals surface area contributed by atoms with E-state index in [0.717, 1.165) is 19.5 Å². The van der Waals surface area contributed by atoms with E-state index in [2.05, 4.69) is 22.4 Å². The van der Waals surface area contributed by atoms with Gasteiger partial charge >= 0.3 is 0 Å². The fourth-order valence-electron chi connectivity index (χ4n) is 2.45. The molecule has 0 bridgehead atoms. The summed E-state index contributed by atoms with van der Waals surface area (Å²) in [6.07, 6.45) is 0.835. The van der Waals surface area contributed by atoms with Crippen LogP contribution >= 0.6 is 11.3 Å². The zero-order valence-corrected chi connectivity index (χ0v) is 10.7. The van der Waals surface area contributed by atoms with Gasteiger partial charge in [-0.05, 0) is 31.7 Å². The number of hydrogen-bond acceptors (Lipinski definition) is 4. The fraction of sp³-hybridized carbons (Fsp3) is 0.667. The first-order valence-electron chi connectivity index (χ1n) is 5.75. The molecule has 1 aliphatic rings. The second kappa shape index (κ2) is 4.45. The van der Waals surface area contributed by atoms with Crippen molar-refractivity contribution in [3.63, 3.8) is 0 Å². The van der Waals surface area contributed by atoms with Crippen LogP contribution in [0, 0.1) is 0 Å². The van der Waals surface area contributed by atoms with Gasteiger partial charge < -0.3 is 10.8 Å². The Labute approximate surface area is 101 Å². The highest BCUT2D eigenvalue weighted by atomic mass is 32.1. The monoisotopic (exact) mass is 240 g/mol. The van der Waals surface area contributed by atoms with Crippen LogP contribution in [-0.2, 0) is 0 Å². The van der Waals surface area contributed by atoms with Gasteiger partial charge in [0, 0.05) is 24.0 Å². The Morgan fingerprint density at radius 3 is 2.81 bits per heavy atom. The molecule has 0 radical (unpaired) electrons. The van der Waals surface area contributed by atoms with Crippen molar-refractivity contribution >= 4 is 11.3 Å². The van der Waals surface area contributed by atoms with E-state index in [1.165, 1.54) is 4.88 Å². The highest BCUT2D eigenvalue weighted by Crippen LogP contribution is 2.33. The summed E-state index contributed by atoms with van der Waals surface area (Å²) in [6.45, 7) is 5.59. The summed E-state index contributed by atoms with van der Waals surface area (Å²) in [5, 5.41) is 12.1. The van der Waals surface area contributed by atoms with Gasteiger partial charge in [-0.3, -0.25) is 4.90 Å². The highest BCUT2D eigenvalue weighted by molar-refractivity contribution is 7.10. The van der Waals surface area contributed by atoms with Crippen molar-refractivity contribution in [2.45, 2.75) is 38.0 Å². The van der Waals surface area contributed by atoms with Crippen molar-refractivity contribution in [3.8, 4) is 0 Å². The highest BCUT2D eigenvalue weighted by Gasteiger charge is 2.37. The lowest BCUT2D eigenvalue weighted by atomic mass is 10.1. The molecular formula is C12H20N2OS. The summed E-state index contributed by atoms with van der Waals surface area (Å²) in [5.74, 6) is 0. The Morgan fingerprint density at radius 2 is 2.38 bits per heavy atom. The molecule has 1 saturated heterocycles. The van der Waals surface area contributed by atoms with Crippen molar-refractivity contribution in [1.29, 1.82) is 0 Å². The average molecular weight is 240 g/mol. The zero-order chi connectivity index (χ0) is 11.8. The summed E-state index contributed by atoms with van der Waals surface area (Å²) in [6, 6.07) is 4.52. The van der Waals surface area contributed by atoms with Gasteiger partial charge in [-0.1, -0.05) is 6.07 Å². The minimum absolute atomic E-state index is 0.0903. The van der Waals surface area contributed by atoms with Crippen molar-refractivity contribution in [1.82, 2.24) is 4.90 Å². The van der Waals surface area contributed by atoms with Crippen LogP contribution in [0.4, 0.5) is 0 Å². The normalized spacial score (nSPS) is 30.5. The third kappa shape index (κ3) is 2.46. The Bertz CT molecular complexity index is 335. The zero-order valence-electron chi connectivity index (χ0n) is 9.89. The molecule has 1 aliphatic heterocycles. The van der Waals surface area contributed by atoms with Gasteiger partial charge in [0.2, 0.25) is 0 Å². The van der Waals surface area contributed by atoms with Crippen molar-refractivity contribution in [2.24, 2.45) is 5.73 Å². The average Bonchev–Trinajstić information content (AvgIpc) is 2.76. The number of nitrogens with zero attached hydrogens (tertiary/aromatic N) is 1. The molecule has 0 aliphatic carbocycles. The predicted molar refractivity (Wildman–Crippen MR) is 67.5 cm³/mol. The second-order valence-electron chi connectivity index (χ2n) is 5.04. The SMILES string of the molecule is CC(N)C(c1cccs1)N1CCC(C)(O)C1. The molecule has 90 valence electrons. The van der Waals surface area contributed by atoms with Gasteiger partial charge in [-0.25, -0.2) is 0 Å². The van der Waals surface area contributed by atoms with Gasteiger partial charge in [-0.15, -0.1) is 11.3 Å². The topological polar surface area (TPSA) is 49.5 Å². The van der Waals surface area contributed by atoms with E-state index in [0.29, 0.717) is 0 Å². The molecule has 0 amide bonds. The van der Waals surface area contributed by atoms with Crippen molar-refractivity contribution < 1.29 is 5.11 Å². The van der Waals surface area contributed by atoms with Gasteiger partial charge in [-0.2, -0.15) is 0 Å². The summed E-state index contributed by atoms with van der Waals surface area (Å²) >= 11 is 1.74. The smallest absolute Gasteiger partial charge is 0.0758 e. The van der Waals surface area contributed by atoms with E-state index in [9.17, 15) is 5.11 Å². The minimum Gasteiger partial charge on any atom is -0.389 e. The Balaban J connectivity index is 2.16. The van der Waals surface area contributed by atoms with E-state index in [4.69, 9.17) is 5.73 Å². The van der Waals surface area contributed by atoms with Crippen LogP contribution in [0.2, 0.25) is 0 Å². The molecule has 16 heavy (non-hydrogen) atoms. The van der Waals surface area contributed by atoms with Crippen LogP contribution in [0.25, 0.3) is 0 Å². The lowest BCUT2D eigenvalue weighted by Crippen LogP contribution is -2.40. The van der Waals surface area contributed by atoms with Crippen LogP contribution in [-0.4, -0.2) is 34.7 Å². The molecular weight excluding hydrogens is 220 g/mol. The first-order valence-corrected chi connectivity index (χ1v) is 6.63. The quantitative estimate of drug-likeness (QED) is 0.843. The Hall–Kier alpha value is -0.420. The van der Waals surface area contributed by atoms with Gasteiger partial charge in [0.15, 0.2) is 0 Å². The molecule has 0 aromatic carbocycles. The summed E-state index contributed by atoms with van der Waals surface area (Å²) in [5.41, 5.74) is 5.53. The summed E-state index contributed by atoms with van der Waals surface area (Å²) in [4.78, 5) is 3.60. The largest absolute Gasteiger partial charge is 0.389 e. The van der Waals surface area contributed by atoms with E-state index in [1.54, 1.807) is 11.3 Å².